The van der Waals surface area contributed by atoms with Crippen molar-refractivity contribution in [2.24, 2.45) is 0 Å². The van der Waals surface area contributed by atoms with Gasteiger partial charge in [-0.1, -0.05) is 0 Å². The maximum absolute atomic E-state index is 14.3. The van der Waals surface area contributed by atoms with Crippen molar-refractivity contribution < 1.29 is 33.0 Å². The molecule has 2 aromatic rings. The molecule has 3 rings (SSSR count). The Kier molecular flexibility index (Phi) is 4.74. The number of carboxylic acids is 1. The summed E-state index contributed by atoms with van der Waals surface area (Å²) in [5, 5.41) is 9.30. The fourth-order valence-corrected chi connectivity index (χ4v) is 3.02. The van der Waals surface area contributed by atoms with Gasteiger partial charge in [0.05, 0.1) is 5.56 Å². The smallest absolute Gasteiger partial charge is 0.335 e. The first-order valence-electron chi connectivity index (χ1n) is 8.46. The van der Waals surface area contributed by atoms with Crippen LogP contribution in [0.15, 0.2) is 24.3 Å². The van der Waals surface area contributed by atoms with Gasteiger partial charge >= 0.3 is 5.97 Å². The molecular weight excluding hydrogens is 372 g/mol. The number of nitrogens with zero attached hydrogens (tertiary/aromatic N) is 1. The fraction of sp³-hybridized carbons (Fsp3) is 0.300. The van der Waals surface area contributed by atoms with E-state index in [9.17, 15) is 23.5 Å². The van der Waals surface area contributed by atoms with Gasteiger partial charge in [0, 0.05) is 38.2 Å². The van der Waals surface area contributed by atoms with E-state index in [0.29, 0.717) is 17.7 Å². The molecular formula is C20H19F2NO5. The molecule has 1 heterocycles. The molecule has 0 fully saturated rings. The molecule has 1 N–H and O–H groups in total. The molecule has 2 aromatic carbocycles. The number of carbonyl (C=O) groups is 2. The van der Waals surface area contributed by atoms with E-state index in [1.807, 2.05) is 13.8 Å². The Labute approximate surface area is 160 Å². The Hall–Kier alpha value is -3.16. The average Bonchev–Trinajstić information content (AvgIpc) is 2.88. The minimum Gasteiger partial charge on any atom is -0.487 e. The molecule has 0 atom stereocenters. The molecule has 0 aromatic heterocycles. The first-order valence-corrected chi connectivity index (χ1v) is 8.46. The largest absolute Gasteiger partial charge is 0.487 e. The second-order valence-corrected chi connectivity index (χ2v) is 7.36. The first-order chi connectivity index (χ1) is 13.0. The number of ether oxygens (including phenoxy) is 2. The zero-order valence-electron chi connectivity index (χ0n) is 15.8. The van der Waals surface area contributed by atoms with Crippen LogP contribution in [0.5, 0.6) is 17.2 Å². The summed E-state index contributed by atoms with van der Waals surface area (Å²) in [6.07, 6.45) is 0.430. The predicted octanol–water partition coefficient (Wildman–Crippen LogP) is 3.87. The first kappa shape index (κ1) is 19.6. The zero-order valence-corrected chi connectivity index (χ0v) is 15.8. The van der Waals surface area contributed by atoms with Gasteiger partial charge in [-0.2, -0.15) is 0 Å². The summed E-state index contributed by atoms with van der Waals surface area (Å²) >= 11 is 0. The second kappa shape index (κ2) is 6.78. The minimum atomic E-state index is -1.19. The van der Waals surface area contributed by atoms with Crippen LogP contribution in [0, 0.1) is 11.6 Å². The summed E-state index contributed by atoms with van der Waals surface area (Å²) in [4.78, 5) is 24.4. The van der Waals surface area contributed by atoms with Crippen LogP contribution in [0.2, 0.25) is 0 Å². The highest BCUT2D eigenvalue weighted by Gasteiger charge is 2.34. The molecule has 28 heavy (non-hydrogen) atoms. The van der Waals surface area contributed by atoms with Gasteiger partial charge in [-0.05, 0) is 26.0 Å². The molecule has 1 aliphatic heterocycles. The molecule has 6 nitrogen and oxygen atoms in total. The molecule has 0 aliphatic carbocycles. The van der Waals surface area contributed by atoms with Crippen molar-refractivity contribution in [1.82, 2.24) is 4.90 Å². The van der Waals surface area contributed by atoms with Gasteiger partial charge in [0.25, 0.3) is 5.91 Å². The highest BCUT2D eigenvalue weighted by atomic mass is 19.1. The van der Waals surface area contributed by atoms with Crippen LogP contribution in [0.4, 0.5) is 8.78 Å². The maximum atomic E-state index is 14.3. The molecule has 1 amide bonds. The number of carbonyl (C=O) groups excluding carboxylic acids is 1. The number of hydrogen-bond acceptors (Lipinski definition) is 4. The van der Waals surface area contributed by atoms with E-state index in [1.165, 1.54) is 26.2 Å². The fourth-order valence-electron chi connectivity index (χ4n) is 3.02. The van der Waals surface area contributed by atoms with Gasteiger partial charge in [0.1, 0.15) is 40.0 Å². The number of carboxylic acid groups (broad SMARTS) is 1. The molecule has 1 aliphatic rings. The van der Waals surface area contributed by atoms with E-state index >= 15 is 0 Å². The molecule has 148 valence electrons. The molecule has 0 bridgehead atoms. The lowest BCUT2D eigenvalue weighted by Gasteiger charge is -2.16. The molecule has 0 saturated heterocycles. The highest BCUT2D eigenvalue weighted by Crippen LogP contribution is 2.43. The van der Waals surface area contributed by atoms with Crippen LogP contribution < -0.4 is 9.47 Å². The van der Waals surface area contributed by atoms with Crippen molar-refractivity contribution in [2.75, 3.05) is 14.1 Å². The Morgan fingerprint density at radius 1 is 1.14 bits per heavy atom. The van der Waals surface area contributed by atoms with E-state index in [1.54, 1.807) is 0 Å². The number of hydrogen-bond donors (Lipinski definition) is 1. The summed E-state index contributed by atoms with van der Waals surface area (Å²) < 4.78 is 40.0. The van der Waals surface area contributed by atoms with E-state index in [0.717, 1.165) is 17.0 Å². The zero-order chi connectivity index (χ0) is 20.8. The Bertz CT molecular complexity index is 962. The Balaban J connectivity index is 2.03. The van der Waals surface area contributed by atoms with Crippen molar-refractivity contribution in [3.8, 4) is 17.2 Å². The predicted molar refractivity (Wildman–Crippen MR) is 96.3 cm³/mol. The topological polar surface area (TPSA) is 76.1 Å². The number of fused-ring (bicyclic) bond motifs is 1. The SMILES string of the molecule is CN(C)C(=O)c1c(F)cc(Oc2cc(C(=O)O)cc3c2CC(C)(C)O3)cc1F. The summed E-state index contributed by atoms with van der Waals surface area (Å²) in [6.45, 7) is 3.66. The molecule has 0 radical (unpaired) electrons. The maximum Gasteiger partial charge on any atom is 0.335 e. The van der Waals surface area contributed by atoms with Gasteiger partial charge in [0.15, 0.2) is 0 Å². The lowest BCUT2D eigenvalue weighted by Crippen LogP contribution is -2.24. The lowest BCUT2D eigenvalue weighted by atomic mass is 10.00. The second-order valence-electron chi connectivity index (χ2n) is 7.36. The van der Waals surface area contributed by atoms with Crippen LogP contribution in [0.25, 0.3) is 0 Å². The summed E-state index contributed by atoms with van der Waals surface area (Å²) in [7, 11) is 2.77. The third-order valence-electron chi connectivity index (χ3n) is 4.27. The van der Waals surface area contributed by atoms with Crippen LogP contribution in [-0.4, -0.2) is 41.6 Å². The van der Waals surface area contributed by atoms with Crippen LogP contribution in [0.1, 0.15) is 40.1 Å². The molecule has 0 saturated carbocycles. The summed E-state index contributed by atoms with van der Waals surface area (Å²) in [5.74, 6) is -3.87. The molecule has 0 spiro atoms. The monoisotopic (exact) mass is 391 g/mol. The van der Waals surface area contributed by atoms with Crippen molar-refractivity contribution in [3.63, 3.8) is 0 Å². The van der Waals surface area contributed by atoms with Crippen LogP contribution in [-0.2, 0) is 6.42 Å². The number of halogens is 2. The third kappa shape index (κ3) is 3.62. The normalized spacial score (nSPS) is 14.2. The standard InChI is InChI=1S/C20H19F2NO5/c1-20(2)9-12-15(5-10(19(25)26)6-16(12)28-20)27-11-7-13(21)17(14(22)8-11)18(24)23(3)4/h5-8H,9H2,1-4H3,(H,25,26). The molecule has 8 heteroatoms. The Morgan fingerprint density at radius 3 is 2.29 bits per heavy atom. The minimum absolute atomic E-state index is 0.0770. The van der Waals surface area contributed by atoms with Gasteiger partial charge in [-0.3, -0.25) is 4.79 Å². The number of aromatic carboxylic acids is 1. The van der Waals surface area contributed by atoms with Gasteiger partial charge in [0.2, 0.25) is 0 Å². The Morgan fingerprint density at radius 2 is 1.75 bits per heavy atom. The number of benzene rings is 2. The third-order valence-corrected chi connectivity index (χ3v) is 4.27. The van der Waals surface area contributed by atoms with Crippen molar-refractivity contribution in [2.45, 2.75) is 25.9 Å². The summed E-state index contributed by atoms with van der Waals surface area (Å²) in [5.41, 5.74) is -0.738. The quantitative estimate of drug-likeness (QED) is 0.856. The average molecular weight is 391 g/mol. The van der Waals surface area contributed by atoms with Gasteiger partial charge in [-0.15, -0.1) is 0 Å². The van der Waals surface area contributed by atoms with Gasteiger partial charge in [-0.25, -0.2) is 13.6 Å². The van der Waals surface area contributed by atoms with Crippen molar-refractivity contribution in [3.05, 3.63) is 52.6 Å². The van der Waals surface area contributed by atoms with Crippen LogP contribution in [0.3, 0.4) is 0 Å². The number of rotatable bonds is 4. The summed E-state index contributed by atoms with van der Waals surface area (Å²) in [6, 6.07) is 4.45. The van der Waals surface area contributed by atoms with E-state index < -0.39 is 34.7 Å². The van der Waals surface area contributed by atoms with Crippen molar-refractivity contribution >= 4 is 11.9 Å². The molecule has 0 unspecified atom stereocenters. The van der Waals surface area contributed by atoms with E-state index in [2.05, 4.69) is 0 Å². The van der Waals surface area contributed by atoms with E-state index in [-0.39, 0.29) is 17.1 Å². The highest BCUT2D eigenvalue weighted by molar-refractivity contribution is 5.94. The number of amides is 1. The lowest BCUT2D eigenvalue weighted by molar-refractivity contribution is 0.0694. The van der Waals surface area contributed by atoms with Gasteiger partial charge < -0.3 is 19.5 Å². The van der Waals surface area contributed by atoms with E-state index in [4.69, 9.17) is 9.47 Å². The van der Waals surface area contributed by atoms with Crippen LogP contribution >= 0.6 is 0 Å². The van der Waals surface area contributed by atoms with Crippen molar-refractivity contribution in [1.29, 1.82) is 0 Å².